The van der Waals surface area contributed by atoms with E-state index in [1.165, 1.54) is 0 Å². The molecule has 2 N–H and O–H groups in total. The standard InChI is InChI=1S/C13H17F2N/c1-9-3-10(2)5-11(4-9)12(8-16)6-13(14,15)7-12/h3-5H,6-8,16H2,1-2H3. The monoisotopic (exact) mass is 225 g/mol. The number of halogens is 2. The average Bonchev–Trinajstić information content (AvgIpc) is 2.11. The summed E-state index contributed by atoms with van der Waals surface area (Å²) in [6.45, 7) is 4.26. The lowest BCUT2D eigenvalue weighted by atomic mass is 9.62. The van der Waals surface area contributed by atoms with Crippen molar-refractivity contribution in [3.63, 3.8) is 0 Å². The summed E-state index contributed by atoms with van der Waals surface area (Å²) in [6, 6.07) is 6.01. The third kappa shape index (κ3) is 1.84. The molecule has 0 heterocycles. The first-order valence-electron chi connectivity index (χ1n) is 5.54. The van der Waals surface area contributed by atoms with Gasteiger partial charge in [0.05, 0.1) is 0 Å². The molecular weight excluding hydrogens is 208 g/mol. The molecule has 16 heavy (non-hydrogen) atoms. The van der Waals surface area contributed by atoms with Gasteiger partial charge in [0.15, 0.2) is 0 Å². The Hall–Kier alpha value is -0.960. The molecule has 0 spiro atoms. The zero-order valence-corrected chi connectivity index (χ0v) is 9.69. The fourth-order valence-electron chi connectivity index (χ4n) is 2.69. The highest BCUT2D eigenvalue weighted by atomic mass is 19.3. The van der Waals surface area contributed by atoms with Gasteiger partial charge in [0, 0.05) is 24.8 Å². The highest BCUT2D eigenvalue weighted by Gasteiger charge is 2.56. The van der Waals surface area contributed by atoms with Crippen LogP contribution in [0.2, 0.25) is 0 Å². The zero-order valence-electron chi connectivity index (χ0n) is 9.69. The van der Waals surface area contributed by atoms with E-state index in [4.69, 9.17) is 5.73 Å². The van der Waals surface area contributed by atoms with Crippen LogP contribution in [0.5, 0.6) is 0 Å². The topological polar surface area (TPSA) is 26.0 Å². The van der Waals surface area contributed by atoms with Crippen molar-refractivity contribution in [2.75, 3.05) is 6.54 Å². The number of alkyl halides is 2. The fraction of sp³-hybridized carbons (Fsp3) is 0.538. The quantitative estimate of drug-likeness (QED) is 0.822. The fourth-order valence-corrected chi connectivity index (χ4v) is 2.69. The van der Waals surface area contributed by atoms with Gasteiger partial charge in [0.2, 0.25) is 5.92 Å². The van der Waals surface area contributed by atoms with Gasteiger partial charge in [-0.2, -0.15) is 0 Å². The molecule has 0 radical (unpaired) electrons. The second kappa shape index (κ2) is 3.52. The maximum Gasteiger partial charge on any atom is 0.250 e. The Morgan fingerprint density at radius 1 is 1.12 bits per heavy atom. The van der Waals surface area contributed by atoms with Crippen LogP contribution in [0.4, 0.5) is 8.78 Å². The van der Waals surface area contributed by atoms with Crippen molar-refractivity contribution in [1.82, 2.24) is 0 Å². The minimum atomic E-state index is -2.53. The first-order chi connectivity index (χ1) is 7.37. The van der Waals surface area contributed by atoms with Crippen molar-refractivity contribution in [2.45, 2.75) is 38.0 Å². The number of aryl methyl sites for hydroxylation is 2. The molecular formula is C13H17F2N. The van der Waals surface area contributed by atoms with Gasteiger partial charge in [0.1, 0.15) is 0 Å². The van der Waals surface area contributed by atoms with Crippen molar-refractivity contribution in [1.29, 1.82) is 0 Å². The van der Waals surface area contributed by atoms with Gasteiger partial charge in [-0.05, 0) is 19.4 Å². The molecule has 1 saturated carbocycles. The van der Waals surface area contributed by atoms with E-state index in [1.807, 2.05) is 32.0 Å². The molecule has 1 aromatic carbocycles. The molecule has 0 amide bonds. The van der Waals surface area contributed by atoms with Crippen molar-refractivity contribution < 1.29 is 8.78 Å². The van der Waals surface area contributed by atoms with Crippen LogP contribution in [-0.4, -0.2) is 12.5 Å². The Kier molecular flexibility index (Phi) is 2.54. The van der Waals surface area contributed by atoms with Crippen molar-refractivity contribution in [3.8, 4) is 0 Å². The summed E-state index contributed by atoms with van der Waals surface area (Å²) in [7, 11) is 0. The molecule has 1 aromatic rings. The van der Waals surface area contributed by atoms with Crippen LogP contribution in [0.1, 0.15) is 29.5 Å². The molecule has 0 bridgehead atoms. The number of rotatable bonds is 2. The van der Waals surface area contributed by atoms with Crippen LogP contribution in [0, 0.1) is 13.8 Å². The van der Waals surface area contributed by atoms with Crippen LogP contribution in [-0.2, 0) is 5.41 Å². The predicted molar refractivity (Wildman–Crippen MR) is 60.8 cm³/mol. The molecule has 1 aliphatic rings. The van der Waals surface area contributed by atoms with Gasteiger partial charge in [-0.15, -0.1) is 0 Å². The second-order valence-corrected chi connectivity index (χ2v) is 5.07. The minimum absolute atomic E-state index is 0.112. The van der Waals surface area contributed by atoms with E-state index in [-0.39, 0.29) is 12.8 Å². The number of hydrogen-bond acceptors (Lipinski definition) is 1. The van der Waals surface area contributed by atoms with E-state index in [2.05, 4.69) is 0 Å². The van der Waals surface area contributed by atoms with Crippen LogP contribution in [0.25, 0.3) is 0 Å². The lowest BCUT2D eigenvalue weighted by Crippen LogP contribution is -2.53. The lowest BCUT2D eigenvalue weighted by Gasteiger charge is -2.47. The molecule has 1 fully saturated rings. The van der Waals surface area contributed by atoms with Gasteiger partial charge >= 0.3 is 0 Å². The molecule has 0 aromatic heterocycles. The third-order valence-corrected chi connectivity index (χ3v) is 3.42. The van der Waals surface area contributed by atoms with Gasteiger partial charge in [-0.3, -0.25) is 0 Å². The van der Waals surface area contributed by atoms with Gasteiger partial charge in [-0.1, -0.05) is 29.3 Å². The smallest absolute Gasteiger partial charge is 0.250 e. The summed E-state index contributed by atoms with van der Waals surface area (Å²) in [5, 5.41) is 0. The Labute approximate surface area is 94.7 Å². The van der Waals surface area contributed by atoms with E-state index in [0.29, 0.717) is 6.54 Å². The number of nitrogens with two attached hydrogens (primary N) is 1. The van der Waals surface area contributed by atoms with E-state index in [0.717, 1.165) is 16.7 Å². The van der Waals surface area contributed by atoms with Crippen molar-refractivity contribution in [2.24, 2.45) is 5.73 Å². The van der Waals surface area contributed by atoms with E-state index < -0.39 is 11.3 Å². The highest BCUT2D eigenvalue weighted by molar-refractivity contribution is 5.37. The molecule has 3 heteroatoms. The van der Waals surface area contributed by atoms with Crippen molar-refractivity contribution in [3.05, 3.63) is 34.9 Å². The zero-order chi connectivity index (χ0) is 12.0. The number of hydrogen-bond donors (Lipinski definition) is 1. The Morgan fingerprint density at radius 2 is 1.62 bits per heavy atom. The summed E-state index contributed by atoms with van der Waals surface area (Å²) >= 11 is 0. The summed E-state index contributed by atoms with van der Waals surface area (Å²) < 4.78 is 26.1. The molecule has 0 unspecified atom stereocenters. The molecule has 1 nitrogen and oxygen atoms in total. The van der Waals surface area contributed by atoms with Gasteiger partial charge in [0.25, 0.3) is 0 Å². The Bertz CT molecular complexity index is 384. The summed E-state index contributed by atoms with van der Waals surface area (Å²) in [6.07, 6.45) is -0.223. The van der Waals surface area contributed by atoms with Crippen LogP contribution in [0.15, 0.2) is 18.2 Å². The lowest BCUT2D eigenvalue weighted by molar-refractivity contribution is -0.123. The summed E-state index contributed by atoms with van der Waals surface area (Å²) in [5.74, 6) is -2.53. The van der Waals surface area contributed by atoms with Gasteiger partial charge in [-0.25, -0.2) is 8.78 Å². The highest BCUT2D eigenvalue weighted by Crippen LogP contribution is 2.52. The predicted octanol–water partition coefficient (Wildman–Crippen LogP) is 2.93. The normalized spacial score (nSPS) is 21.6. The van der Waals surface area contributed by atoms with Gasteiger partial charge < -0.3 is 5.73 Å². The Balaban J connectivity index is 2.35. The maximum absolute atomic E-state index is 13.1. The van der Waals surface area contributed by atoms with Crippen molar-refractivity contribution >= 4 is 0 Å². The van der Waals surface area contributed by atoms with E-state index >= 15 is 0 Å². The molecule has 0 aliphatic heterocycles. The van der Waals surface area contributed by atoms with Crippen LogP contribution >= 0.6 is 0 Å². The first-order valence-corrected chi connectivity index (χ1v) is 5.54. The summed E-state index contributed by atoms with van der Waals surface area (Å²) in [4.78, 5) is 0. The Morgan fingerprint density at radius 3 is 2.00 bits per heavy atom. The molecule has 1 aliphatic carbocycles. The summed E-state index contributed by atoms with van der Waals surface area (Å²) in [5.41, 5.74) is 8.38. The molecule has 0 atom stereocenters. The SMILES string of the molecule is Cc1cc(C)cc(C2(CN)CC(F)(F)C2)c1. The minimum Gasteiger partial charge on any atom is -0.330 e. The van der Waals surface area contributed by atoms with Crippen LogP contribution in [0.3, 0.4) is 0 Å². The number of benzene rings is 1. The van der Waals surface area contributed by atoms with E-state index in [9.17, 15) is 8.78 Å². The molecule has 2 rings (SSSR count). The largest absolute Gasteiger partial charge is 0.330 e. The first kappa shape index (κ1) is 11.5. The molecule has 0 saturated heterocycles. The maximum atomic E-state index is 13.1. The second-order valence-electron chi connectivity index (χ2n) is 5.07. The average molecular weight is 225 g/mol. The third-order valence-electron chi connectivity index (χ3n) is 3.42. The molecule has 88 valence electrons. The van der Waals surface area contributed by atoms with Crippen LogP contribution < -0.4 is 5.73 Å². The van der Waals surface area contributed by atoms with E-state index in [1.54, 1.807) is 0 Å².